The maximum atomic E-state index is 10.5. The molecule has 0 unspecified atom stereocenters. The number of non-ortho nitro benzene ring substituents is 1. The van der Waals surface area contributed by atoms with Gasteiger partial charge in [0.25, 0.3) is 5.69 Å². The molecule has 0 bridgehead atoms. The van der Waals surface area contributed by atoms with Gasteiger partial charge in [-0.1, -0.05) is 0 Å². The summed E-state index contributed by atoms with van der Waals surface area (Å²) >= 11 is 0. The fraction of sp³-hybridized carbons (Fsp3) is 0.143. The third-order valence-electron chi connectivity index (χ3n) is 1.80. The molecule has 7 heteroatoms. The van der Waals surface area contributed by atoms with E-state index in [9.17, 15) is 10.1 Å². The lowest BCUT2D eigenvalue weighted by atomic mass is 10.2. The summed E-state index contributed by atoms with van der Waals surface area (Å²) in [5.41, 5.74) is 0.831. The van der Waals surface area contributed by atoms with Crippen molar-refractivity contribution in [3.8, 4) is 5.75 Å². The average Bonchev–Trinajstić information content (AvgIpc) is 2.63. The molecule has 7 nitrogen and oxygen atoms in total. The number of fused-ring (bicyclic) bond motifs is 1. The van der Waals surface area contributed by atoms with E-state index in [1.54, 1.807) is 0 Å². The standard InChI is InChI=1S/C7H6N4O3/c1-14-6-3-4(11(12)13)2-5-7(6)9-10-8-5/h2-3H,1H3,(H,8,9,10). The Balaban J connectivity index is 2.73. The lowest BCUT2D eigenvalue weighted by Gasteiger charge is -1.98. The smallest absolute Gasteiger partial charge is 0.275 e. The summed E-state index contributed by atoms with van der Waals surface area (Å²) in [6.07, 6.45) is 0. The largest absolute Gasteiger partial charge is 0.494 e. The van der Waals surface area contributed by atoms with Crippen molar-refractivity contribution in [2.45, 2.75) is 0 Å². The molecule has 2 rings (SSSR count). The number of rotatable bonds is 2. The fourth-order valence-corrected chi connectivity index (χ4v) is 1.17. The van der Waals surface area contributed by atoms with E-state index in [0.717, 1.165) is 0 Å². The number of ether oxygens (including phenoxy) is 1. The monoisotopic (exact) mass is 194 g/mol. The average molecular weight is 194 g/mol. The first-order chi connectivity index (χ1) is 6.72. The highest BCUT2D eigenvalue weighted by molar-refractivity contribution is 5.83. The van der Waals surface area contributed by atoms with Crippen molar-refractivity contribution in [2.75, 3.05) is 7.11 Å². The lowest BCUT2D eigenvalue weighted by Crippen LogP contribution is -1.91. The molecular formula is C7H6N4O3. The number of H-pyrrole nitrogens is 1. The van der Waals surface area contributed by atoms with Crippen molar-refractivity contribution < 1.29 is 9.66 Å². The summed E-state index contributed by atoms with van der Waals surface area (Å²) in [5.74, 6) is 0.336. The van der Waals surface area contributed by atoms with E-state index in [0.29, 0.717) is 16.8 Å². The minimum Gasteiger partial charge on any atom is -0.494 e. The first kappa shape index (κ1) is 8.42. The van der Waals surface area contributed by atoms with Crippen LogP contribution in [-0.4, -0.2) is 27.4 Å². The van der Waals surface area contributed by atoms with Gasteiger partial charge in [-0.3, -0.25) is 10.1 Å². The van der Waals surface area contributed by atoms with Gasteiger partial charge in [-0.25, -0.2) is 0 Å². The van der Waals surface area contributed by atoms with Crippen LogP contribution in [0.5, 0.6) is 5.75 Å². The van der Waals surface area contributed by atoms with Gasteiger partial charge in [-0.05, 0) is 0 Å². The summed E-state index contributed by atoms with van der Waals surface area (Å²) in [7, 11) is 1.42. The molecule has 1 N–H and O–H groups in total. The molecule has 0 aliphatic heterocycles. The third-order valence-corrected chi connectivity index (χ3v) is 1.80. The Morgan fingerprint density at radius 2 is 2.29 bits per heavy atom. The van der Waals surface area contributed by atoms with Crippen molar-refractivity contribution >= 4 is 16.7 Å². The van der Waals surface area contributed by atoms with Crippen LogP contribution in [-0.2, 0) is 0 Å². The number of nitro benzene ring substituents is 1. The van der Waals surface area contributed by atoms with E-state index in [-0.39, 0.29) is 5.69 Å². The molecule has 2 aromatic rings. The zero-order valence-electron chi connectivity index (χ0n) is 7.22. The van der Waals surface area contributed by atoms with Gasteiger partial charge >= 0.3 is 0 Å². The van der Waals surface area contributed by atoms with Crippen molar-refractivity contribution in [2.24, 2.45) is 0 Å². The van der Waals surface area contributed by atoms with Gasteiger partial charge in [-0.2, -0.15) is 15.4 Å². The molecule has 0 aliphatic rings. The van der Waals surface area contributed by atoms with Crippen LogP contribution in [0.2, 0.25) is 0 Å². The van der Waals surface area contributed by atoms with Crippen LogP contribution in [0.1, 0.15) is 0 Å². The maximum Gasteiger partial charge on any atom is 0.275 e. The Kier molecular flexibility index (Phi) is 1.77. The number of aromatic nitrogens is 3. The topological polar surface area (TPSA) is 93.9 Å². The molecule has 72 valence electrons. The number of hydrogen-bond acceptors (Lipinski definition) is 5. The number of benzene rings is 1. The van der Waals surface area contributed by atoms with Crippen molar-refractivity contribution in [1.82, 2.24) is 15.4 Å². The van der Waals surface area contributed by atoms with Crippen LogP contribution >= 0.6 is 0 Å². The number of nitro groups is 1. The Morgan fingerprint density at radius 3 is 2.93 bits per heavy atom. The zero-order valence-corrected chi connectivity index (χ0v) is 7.22. The van der Waals surface area contributed by atoms with Gasteiger partial charge in [0, 0.05) is 6.07 Å². The third kappa shape index (κ3) is 1.15. The van der Waals surface area contributed by atoms with Crippen LogP contribution in [0.25, 0.3) is 11.0 Å². The van der Waals surface area contributed by atoms with Crippen LogP contribution in [0, 0.1) is 10.1 Å². The number of nitrogens with zero attached hydrogens (tertiary/aromatic N) is 3. The van der Waals surface area contributed by atoms with E-state index in [2.05, 4.69) is 15.4 Å². The summed E-state index contributed by atoms with van der Waals surface area (Å²) in [6.45, 7) is 0. The number of nitrogens with one attached hydrogen (secondary N) is 1. The number of methoxy groups -OCH3 is 1. The molecule has 0 atom stereocenters. The Bertz CT molecular complexity index is 493. The quantitative estimate of drug-likeness (QED) is 0.565. The molecule has 0 saturated carbocycles. The molecule has 0 fully saturated rings. The highest BCUT2D eigenvalue weighted by atomic mass is 16.6. The highest BCUT2D eigenvalue weighted by Crippen LogP contribution is 2.27. The van der Waals surface area contributed by atoms with Gasteiger partial charge in [0.15, 0.2) is 11.3 Å². The van der Waals surface area contributed by atoms with Crippen molar-refractivity contribution in [3.63, 3.8) is 0 Å². The molecule has 0 amide bonds. The van der Waals surface area contributed by atoms with Crippen LogP contribution in [0.4, 0.5) is 5.69 Å². The van der Waals surface area contributed by atoms with Crippen LogP contribution in [0.3, 0.4) is 0 Å². The predicted octanol–water partition coefficient (Wildman–Crippen LogP) is 0.875. The van der Waals surface area contributed by atoms with Gasteiger partial charge in [0.2, 0.25) is 0 Å². The van der Waals surface area contributed by atoms with E-state index in [1.165, 1.54) is 19.2 Å². The Morgan fingerprint density at radius 1 is 1.50 bits per heavy atom. The maximum absolute atomic E-state index is 10.5. The van der Waals surface area contributed by atoms with Crippen molar-refractivity contribution in [1.29, 1.82) is 0 Å². The molecular weight excluding hydrogens is 188 g/mol. The molecule has 0 aliphatic carbocycles. The highest BCUT2D eigenvalue weighted by Gasteiger charge is 2.14. The second-order valence-corrected chi connectivity index (χ2v) is 2.60. The molecule has 1 heterocycles. The minimum absolute atomic E-state index is 0.0664. The van der Waals surface area contributed by atoms with Gasteiger partial charge in [0.05, 0.1) is 18.1 Å². The lowest BCUT2D eigenvalue weighted by molar-refractivity contribution is -0.384. The van der Waals surface area contributed by atoms with E-state index in [1.807, 2.05) is 0 Å². The van der Waals surface area contributed by atoms with E-state index in [4.69, 9.17) is 4.74 Å². The SMILES string of the molecule is COc1cc([N+](=O)[O-])cc2n[nH]nc12. The summed E-state index contributed by atoms with van der Waals surface area (Å²) in [6, 6.07) is 2.65. The summed E-state index contributed by atoms with van der Waals surface area (Å²) in [4.78, 5) is 10.0. The van der Waals surface area contributed by atoms with Crippen molar-refractivity contribution in [3.05, 3.63) is 22.2 Å². The van der Waals surface area contributed by atoms with Crippen LogP contribution in [0.15, 0.2) is 12.1 Å². The fourth-order valence-electron chi connectivity index (χ4n) is 1.17. The second kappa shape index (κ2) is 2.95. The van der Waals surface area contributed by atoms with Gasteiger partial charge in [0.1, 0.15) is 5.52 Å². The summed E-state index contributed by atoms with van der Waals surface area (Å²) < 4.78 is 4.95. The normalized spacial score (nSPS) is 10.4. The van der Waals surface area contributed by atoms with Gasteiger partial charge < -0.3 is 4.74 Å². The predicted molar refractivity (Wildman–Crippen MR) is 47.1 cm³/mol. The zero-order chi connectivity index (χ0) is 10.1. The Hall–Kier alpha value is -2.18. The van der Waals surface area contributed by atoms with Crippen LogP contribution < -0.4 is 4.74 Å². The first-order valence-corrected chi connectivity index (χ1v) is 3.75. The molecule has 0 radical (unpaired) electrons. The second-order valence-electron chi connectivity index (χ2n) is 2.60. The minimum atomic E-state index is -0.503. The van der Waals surface area contributed by atoms with Gasteiger partial charge in [-0.15, -0.1) is 0 Å². The molecule has 14 heavy (non-hydrogen) atoms. The number of hydrogen-bond donors (Lipinski definition) is 1. The molecule has 0 saturated heterocycles. The Labute approximate surface area is 77.8 Å². The molecule has 1 aromatic heterocycles. The van der Waals surface area contributed by atoms with E-state index >= 15 is 0 Å². The van der Waals surface area contributed by atoms with E-state index < -0.39 is 4.92 Å². The number of aromatic amines is 1. The molecule has 0 spiro atoms. The summed E-state index contributed by atoms with van der Waals surface area (Å²) in [5, 5.41) is 20.5. The first-order valence-electron chi connectivity index (χ1n) is 3.75. The molecule has 1 aromatic carbocycles.